The monoisotopic (exact) mass is 414 g/mol. The minimum atomic E-state index is -0.264. The van der Waals surface area contributed by atoms with Crippen molar-refractivity contribution < 1.29 is 4.79 Å². The first-order valence-electron chi connectivity index (χ1n) is 6.62. The van der Waals surface area contributed by atoms with E-state index in [-0.39, 0.29) is 5.91 Å². The van der Waals surface area contributed by atoms with Crippen LogP contribution in [-0.4, -0.2) is 29.2 Å². The molecule has 2 N–H and O–H groups in total. The van der Waals surface area contributed by atoms with E-state index in [1.54, 1.807) is 0 Å². The molecule has 1 aromatic heterocycles. The van der Waals surface area contributed by atoms with Crippen molar-refractivity contribution in [3.05, 3.63) is 39.0 Å². The van der Waals surface area contributed by atoms with Crippen LogP contribution in [0.1, 0.15) is 24.3 Å². The first-order chi connectivity index (χ1) is 10.1. The van der Waals surface area contributed by atoms with E-state index >= 15 is 0 Å². The largest absolute Gasteiger partial charge is 0.372 e. The normalized spacial score (nSPS) is 10.5. The third kappa shape index (κ3) is 3.65. The summed E-state index contributed by atoms with van der Waals surface area (Å²) in [4.78, 5) is 14.4. The van der Waals surface area contributed by atoms with Crippen molar-refractivity contribution in [2.75, 3.05) is 23.3 Å². The third-order valence-electron chi connectivity index (χ3n) is 3.14. The SMILES string of the molecule is CCN(CC)c1ccc(NC(=O)c2n[nH]c(Br)c2Br)cc1. The second-order valence-electron chi connectivity index (χ2n) is 4.37. The summed E-state index contributed by atoms with van der Waals surface area (Å²) >= 11 is 6.57. The van der Waals surface area contributed by atoms with Crippen molar-refractivity contribution in [2.45, 2.75) is 13.8 Å². The smallest absolute Gasteiger partial charge is 0.277 e. The molecule has 0 radical (unpaired) electrons. The van der Waals surface area contributed by atoms with Gasteiger partial charge in [-0.05, 0) is 70.0 Å². The average molecular weight is 416 g/mol. The number of rotatable bonds is 5. The lowest BCUT2D eigenvalue weighted by Gasteiger charge is -2.21. The molecule has 0 fully saturated rings. The van der Waals surface area contributed by atoms with E-state index in [0.717, 1.165) is 24.5 Å². The fourth-order valence-corrected chi connectivity index (χ4v) is 2.63. The molecule has 2 aromatic rings. The summed E-state index contributed by atoms with van der Waals surface area (Å²) in [6.45, 7) is 6.14. The van der Waals surface area contributed by atoms with E-state index in [1.807, 2.05) is 24.3 Å². The van der Waals surface area contributed by atoms with Gasteiger partial charge in [-0.1, -0.05) is 0 Å². The van der Waals surface area contributed by atoms with Gasteiger partial charge >= 0.3 is 0 Å². The van der Waals surface area contributed by atoms with Crippen molar-refractivity contribution in [1.29, 1.82) is 0 Å². The van der Waals surface area contributed by atoms with Crippen LogP contribution in [0.4, 0.5) is 11.4 Å². The fraction of sp³-hybridized carbons (Fsp3) is 0.286. The van der Waals surface area contributed by atoms with Gasteiger partial charge in [0.05, 0.1) is 4.47 Å². The molecule has 5 nitrogen and oxygen atoms in total. The Morgan fingerprint density at radius 2 is 1.86 bits per heavy atom. The van der Waals surface area contributed by atoms with Crippen molar-refractivity contribution in [2.24, 2.45) is 0 Å². The Bertz CT molecular complexity index is 620. The highest BCUT2D eigenvalue weighted by Crippen LogP contribution is 2.25. The molecule has 7 heteroatoms. The van der Waals surface area contributed by atoms with Gasteiger partial charge in [-0.25, -0.2) is 0 Å². The van der Waals surface area contributed by atoms with Gasteiger partial charge in [-0.2, -0.15) is 5.10 Å². The number of nitrogens with one attached hydrogen (secondary N) is 2. The molecule has 0 bridgehead atoms. The van der Waals surface area contributed by atoms with Gasteiger partial charge < -0.3 is 10.2 Å². The van der Waals surface area contributed by atoms with Crippen molar-refractivity contribution in [3.8, 4) is 0 Å². The molecule has 1 aromatic carbocycles. The predicted octanol–water partition coefficient (Wildman–Crippen LogP) is 4.03. The van der Waals surface area contributed by atoms with Crippen LogP contribution in [0.2, 0.25) is 0 Å². The number of aromatic nitrogens is 2. The number of aromatic amines is 1. The van der Waals surface area contributed by atoms with Gasteiger partial charge in [-0.3, -0.25) is 9.89 Å². The number of carbonyl (C=O) groups excluding carboxylic acids is 1. The third-order valence-corrected chi connectivity index (χ3v) is 5.01. The summed E-state index contributed by atoms with van der Waals surface area (Å²) in [5, 5.41) is 9.46. The Kier molecular flexibility index (Phi) is 5.41. The Labute approximate surface area is 140 Å². The molecule has 0 spiro atoms. The number of hydrogen-bond acceptors (Lipinski definition) is 3. The molecular weight excluding hydrogens is 400 g/mol. The zero-order valence-corrected chi connectivity index (χ0v) is 15.0. The maximum atomic E-state index is 12.1. The number of hydrogen-bond donors (Lipinski definition) is 2. The zero-order chi connectivity index (χ0) is 15.4. The summed E-state index contributed by atoms with van der Waals surface area (Å²) < 4.78 is 1.25. The summed E-state index contributed by atoms with van der Waals surface area (Å²) in [5.74, 6) is -0.264. The fourth-order valence-electron chi connectivity index (χ4n) is 1.99. The Morgan fingerprint density at radius 1 is 1.24 bits per heavy atom. The predicted molar refractivity (Wildman–Crippen MR) is 91.9 cm³/mol. The number of halogens is 2. The summed E-state index contributed by atoms with van der Waals surface area (Å²) in [7, 11) is 0. The summed E-state index contributed by atoms with van der Waals surface area (Å²) in [6, 6.07) is 7.78. The molecule has 0 atom stereocenters. The van der Waals surface area contributed by atoms with Gasteiger partial charge in [0, 0.05) is 24.5 Å². The Morgan fingerprint density at radius 3 is 2.33 bits per heavy atom. The molecule has 2 rings (SSSR count). The molecular formula is C14H16Br2N4O. The number of benzene rings is 1. The van der Waals surface area contributed by atoms with E-state index < -0.39 is 0 Å². The molecule has 1 heterocycles. The quantitative estimate of drug-likeness (QED) is 0.774. The molecule has 0 saturated carbocycles. The molecule has 0 aliphatic heterocycles. The van der Waals surface area contributed by atoms with E-state index in [9.17, 15) is 4.79 Å². The number of amides is 1. The van der Waals surface area contributed by atoms with Gasteiger partial charge in [-0.15, -0.1) is 0 Å². The van der Waals surface area contributed by atoms with Crippen LogP contribution in [0.5, 0.6) is 0 Å². The molecule has 112 valence electrons. The highest BCUT2D eigenvalue weighted by molar-refractivity contribution is 9.13. The minimum absolute atomic E-state index is 0.264. The standard InChI is InChI=1S/C14H16Br2N4O/c1-3-20(4-2)10-7-5-9(6-8-10)17-14(21)12-11(15)13(16)19-18-12/h5-8H,3-4H2,1-2H3,(H,17,21)(H,18,19). The lowest BCUT2D eigenvalue weighted by atomic mass is 10.2. The lowest BCUT2D eigenvalue weighted by molar-refractivity contribution is 0.102. The van der Waals surface area contributed by atoms with Crippen LogP contribution in [0.15, 0.2) is 33.3 Å². The topological polar surface area (TPSA) is 61.0 Å². The van der Waals surface area contributed by atoms with Gasteiger partial charge in [0.1, 0.15) is 4.60 Å². The van der Waals surface area contributed by atoms with E-state index in [2.05, 4.69) is 66.1 Å². The number of H-pyrrole nitrogens is 1. The molecule has 0 aliphatic rings. The minimum Gasteiger partial charge on any atom is -0.372 e. The van der Waals surface area contributed by atoms with Crippen LogP contribution < -0.4 is 10.2 Å². The first-order valence-corrected chi connectivity index (χ1v) is 8.21. The summed E-state index contributed by atoms with van der Waals surface area (Å²) in [5.41, 5.74) is 2.19. The zero-order valence-electron chi connectivity index (χ0n) is 11.8. The Balaban J connectivity index is 2.10. The van der Waals surface area contributed by atoms with Gasteiger partial charge in [0.25, 0.3) is 5.91 Å². The van der Waals surface area contributed by atoms with Crippen LogP contribution in [-0.2, 0) is 0 Å². The van der Waals surface area contributed by atoms with Crippen molar-refractivity contribution >= 4 is 49.1 Å². The molecule has 0 unspecified atom stereocenters. The highest BCUT2D eigenvalue weighted by Gasteiger charge is 2.16. The highest BCUT2D eigenvalue weighted by atomic mass is 79.9. The molecule has 1 amide bonds. The van der Waals surface area contributed by atoms with Crippen molar-refractivity contribution in [3.63, 3.8) is 0 Å². The van der Waals surface area contributed by atoms with Crippen LogP contribution in [0, 0.1) is 0 Å². The van der Waals surface area contributed by atoms with Crippen LogP contribution in [0.3, 0.4) is 0 Å². The van der Waals surface area contributed by atoms with E-state index in [1.165, 1.54) is 0 Å². The lowest BCUT2D eigenvalue weighted by Crippen LogP contribution is -2.21. The van der Waals surface area contributed by atoms with Crippen LogP contribution in [0.25, 0.3) is 0 Å². The maximum absolute atomic E-state index is 12.1. The Hall–Kier alpha value is -1.34. The second kappa shape index (κ2) is 7.09. The van der Waals surface area contributed by atoms with E-state index in [4.69, 9.17) is 0 Å². The van der Waals surface area contributed by atoms with Crippen LogP contribution >= 0.6 is 31.9 Å². The summed E-state index contributed by atoms with van der Waals surface area (Å²) in [6.07, 6.45) is 0. The second-order valence-corrected chi connectivity index (χ2v) is 5.96. The number of carbonyl (C=O) groups is 1. The maximum Gasteiger partial charge on any atom is 0.277 e. The first kappa shape index (κ1) is 16.0. The van der Waals surface area contributed by atoms with Gasteiger partial charge in [0.15, 0.2) is 5.69 Å². The molecule has 0 saturated heterocycles. The molecule has 0 aliphatic carbocycles. The average Bonchev–Trinajstić information content (AvgIpc) is 2.82. The number of nitrogens with zero attached hydrogens (tertiary/aromatic N) is 2. The van der Waals surface area contributed by atoms with Crippen molar-refractivity contribution in [1.82, 2.24) is 10.2 Å². The number of anilines is 2. The van der Waals surface area contributed by atoms with E-state index in [0.29, 0.717) is 14.8 Å². The van der Waals surface area contributed by atoms with Gasteiger partial charge in [0.2, 0.25) is 0 Å². The molecule has 21 heavy (non-hydrogen) atoms.